The van der Waals surface area contributed by atoms with Crippen molar-refractivity contribution in [2.45, 2.75) is 25.9 Å². The second-order valence-electron chi connectivity index (χ2n) is 4.38. The van der Waals surface area contributed by atoms with Gasteiger partial charge in [0.1, 0.15) is 5.82 Å². The van der Waals surface area contributed by atoms with E-state index in [9.17, 15) is 0 Å². The van der Waals surface area contributed by atoms with Gasteiger partial charge in [-0.15, -0.1) is 0 Å². The fourth-order valence-corrected chi connectivity index (χ4v) is 2.52. The summed E-state index contributed by atoms with van der Waals surface area (Å²) in [4.78, 5) is 6.62. The van der Waals surface area contributed by atoms with Crippen molar-refractivity contribution >= 4 is 39.1 Å². The highest BCUT2D eigenvalue weighted by atomic mass is 79.9. The molecule has 0 aliphatic carbocycles. The zero-order chi connectivity index (χ0) is 13.0. The molecule has 0 radical (unpaired) electrons. The quantitative estimate of drug-likeness (QED) is 0.834. The molecule has 0 bridgehead atoms. The highest BCUT2D eigenvalue weighted by Gasteiger charge is 2.18. The highest BCUT2D eigenvalue weighted by Crippen LogP contribution is 2.11. The lowest BCUT2D eigenvalue weighted by Crippen LogP contribution is -2.46. The van der Waals surface area contributed by atoms with E-state index in [1.54, 1.807) is 6.20 Å². The molecule has 1 saturated heterocycles. The van der Waals surface area contributed by atoms with Crippen LogP contribution < -0.4 is 10.6 Å². The molecule has 1 aliphatic rings. The van der Waals surface area contributed by atoms with E-state index in [0.717, 1.165) is 23.4 Å². The third kappa shape index (κ3) is 3.90. The molecule has 4 nitrogen and oxygen atoms in total. The fraction of sp³-hybridized carbons (Fsp3) is 0.500. The number of halogens is 1. The van der Waals surface area contributed by atoms with Crippen LogP contribution in [0.4, 0.5) is 5.82 Å². The first-order valence-corrected chi connectivity index (χ1v) is 7.28. The van der Waals surface area contributed by atoms with Crippen molar-refractivity contribution in [1.82, 2.24) is 15.2 Å². The number of pyridine rings is 1. The highest BCUT2D eigenvalue weighted by molar-refractivity contribution is 9.10. The van der Waals surface area contributed by atoms with Crippen molar-refractivity contribution in [2.24, 2.45) is 0 Å². The van der Waals surface area contributed by atoms with E-state index in [4.69, 9.17) is 12.2 Å². The number of nitrogens with one attached hydrogen (secondary N) is 2. The lowest BCUT2D eigenvalue weighted by Gasteiger charge is -2.25. The van der Waals surface area contributed by atoms with Crippen molar-refractivity contribution in [3.05, 3.63) is 22.8 Å². The maximum Gasteiger partial charge on any atom is 0.173 e. The molecule has 1 fully saturated rings. The van der Waals surface area contributed by atoms with Gasteiger partial charge in [0.05, 0.1) is 6.17 Å². The maximum absolute atomic E-state index is 5.28. The number of hydrogen-bond acceptors (Lipinski definition) is 3. The Kier molecular flexibility index (Phi) is 4.91. The molecule has 18 heavy (non-hydrogen) atoms. The lowest BCUT2D eigenvalue weighted by atomic mass is 10.4. The Morgan fingerprint density at radius 1 is 1.44 bits per heavy atom. The summed E-state index contributed by atoms with van der Waals surface area (Å²) in [5.41, 5.74) is 0. The fourth-order valence-electron chi connectivity index (χ4n) is 2.01. The van der Waals surface area contributed by atoms with Crippen LogP contribution in [-0.2, 0) is 0 Å². The predicted molar refractivity (Wildman–Crippen MR) is 81.6 cm³/mol. The third-order valence-corrected chi connectivity index (χ3v) is 3.69. The van der Waals surface area contributed by atoms with E-state index in [2.05, 4.69) is 43.4 Å². The zero-order valence-corrected chi connectivity index (χ0v) is 12.7. The van der Waals surface area contributed by atoms with Crippen LogP contribution in [-0.4, -0.2) is 34.3 Å². The number of aromatic nitrogens is 1. The molecule has 6 heteroatoms. The van der Waals surface area contributed by atoms with Gasteiger partial charge in [0.25, 0.3) is 0 Å². The topological polar surface area (TPSA) is 40.2 Å². The van der Waals surface area contributed by atoms with Crippen LogP contribution in [0.1, 0.15) is 19.8 Å². The first-order chi connectivity index (χ1) is 8.65. The molecular weight excluding hydrogens is 312 g/mol. The Labute approximate surface area is 121 Å². The molecule has 1 unspecified atom stereocenters. The number of rotatable bonds is 3. The molecular formula is C12H17BrN4S. The first-order valence-electron chi connectivity index (χ1n) is 6.08. The molecule has 0 saturated carbocycles. The first kappa shape index (κ1) is 13.7. The van der Waals surface area contributed by atoms with Crippen LogP contribution in [0, 0.1) is 0 Å². The Morgan fingerprint density at radius 2 is 2.17 bits per heavy atom. The van der Waals surface area contributed by atoms with Crippen molar-refractivity contribution in [3.63, 3.8) is 0 Å². The molecule has 1 aromatic rings. The summed E-state index contributed by atoms with van der Waals surface area (Å²) in [5.74, 6) is 0.754. The summed E-state index contributed by atoms with van der Waals surface area (Å²) in [5, 5.41) is 6.98. The summed E-state index contributed by atoms with van der Waals surface area (Å²) in [6, 6.07) is 3.82. The van der Waals surface area contributed by atoms with Crippen LogP contribution >= 0.6 is 28.1 Å². The average molecular weight is 329 g/mol. The third-order valence-electron chi connectivity index (χ3n) is 3.00. The van der Waals surface area contributed by atoms with E-state index >= 15 is 0 Å². The van der Waals surface area contributed by atoms with Gasteiger partial charge in [0, 0.05) is 23.8 Å². The van der Waals surface area contributed by atoms with Crippen molar-refractivity contribution in [1.29, 1.82) is 0 Å². The molecule has 98 valence electrons. The van der Waals surface area contributed by atoms with Gasteiger partial charge in [-0.2, -0.15) is 0 Å². The molecule has 1 aromatic heterocycles. The summed E-state index contributed by atoms with van der Waals surface area (Å²) in [6.45, 7) is 4.43. The number of anilines is 1. The standard InChI is InChI=1S/C12H17BrN4S/c1-9(17-6-2-3-7-17)15-12(18)16-11-5-4-10(13)8-14-11/h4-5,8-9H,2-3,6-7H2,1H3,(H2,14,15,16,18). The summed E-state index contributed by atoms with van der Waals surface area (Å²) >= 11 is 8.63. The second kappa shape index (κ2) is 6.45. The molecule has 1 aliphatic heterocycles. The van der Waals surface area contributed by atoms with E-state index in [-0.39, 0.29) is 6.17 Å². The van der Waals surface area contributed by atoms with Gasteiger partial charge < -0.3 is 10.6 Å². The summed E-state index contributed by atoms with van der Waals surface area (Å²) in [6.07, 6.45) is 4.57. The molecule has 0 amide bonds. The Morgan fingerprint density at radius 3 is 2.78 bits per heavy atom. The van der Waals surface area contributed by atoms with Gasteiger partial charge in [-0.25, -0.2) is 4.98 Å². The monoisotopic (exact) mass is 328 g/mol. The molecule has 0 spiro atoms. The number of nitrogens with zero attached hydrogens (tertiary/aromatic N) is 2. The Balaban J connectivity index is 1.82. The van der Waals surface area contributed by atoms with E-state index in [0.29, 0.717) is 5.11 Å². The van der Waals surface area contributed by atoms with Crippen molar-refractivity contribution in [2.75, 3.05) is 18.4 Å². The van der Waals surface area contributed by atoms with Crippen LogP contribution in [0.25, 0.3) is 0 Å². The second-order valence-corrected chi connectivity index (χ2v) is 5.70. The maximum atomic E-state index is 5.28. The van der Waals surface area contributed by atoms with Crippen molar-refractivity contribution in [3.8, 4) is 0 Å². The smallest absolute Gasteiger partial charge is 0.173 e. The summed E-state index contributed by atoms with van der Waals surface area (Å²) in [7, 11) is 0. The number of likely N-dealkylation sites (tertiary alicyclic amines) is 1. The lowest BCUT2D eigenvalue weighted by molar-refractivity contribution is 0.245. The predicted octanol–water partition coefficient (Wildman–Crippen LogP) is 2.57. The van der Waals surface area contributed by atoms with E-state index < -0.39 is 0 Å². The minimum atomic E-state index is 0.267. The van der Waals surface area contributed by atoms with Gasteiger partial charge in [0.15, 0.2) is 5.11 Å². The number of hydrogen-bond donors (Lipinski definition) is 2. The van der Waals surface area contributed by atoms with Gasteiger partial charge >= 0.3 is 0 Å². The molecule has 0 aromatic carbocycles. The van der Waals surface area contributed by atoms with Gasteiger partial charge in [-0.1, -0.05) is 0 Å². The van der Waals surface area contributed by atoms with Crippen LogP contribution in [0.5, 0.6) is 0 Å². The average Bonchev–Trinajstić information content (AvgIpc) is 2.85. The largest absolute Gasteiger partial charge is 0.347 e. The van der Waals surface area contributed by atoms with Crippen molar-refractivity contribution < 1.29 is 0 Å². The van der Waals surface area contributed by atoms with E-state index in [1.165, 1.54) is 12.8 Å². The van der Waals surface area contributed by atoms with Gasteiger partial charge in [0.2, 0.25) is 0 Å². The van der Waals surface area contributed by atoms with Crippen LogP contribution in [0.2, 0.25) is 0 Å². The van der Waals surface area contributed by atoms with E-state index in [1.807, 2.05) is 12.1 Å². The van der Waals surface area contributed by atoms with Gasteiger partial charge in [-0.05, 0) is 60.0 Å². The zero-order valence-electron chi connectivity index (χ0n) is 10.3. The molecule has 1 atom stereocenters. The normalized spacial score (nSPS) is 17.4. The molecule has 2 N–H and O–H groups in total. The van der Waals surface area contributed by atoms with Crippen LogP contribution in [0.15, 0.2) is 22.8 Å². The SMILES string of the molecule is CC(NC(=S)Nc1ccc(Br)cn1)N1CCCC1. The molecule has 2 rings (SSSR count). The number of thiocarbonyl (C=S) groups is 1. The van der Waals surface area contributed by atoms with Gasteiger partial charge in [-0.3, -0.25) is 4.90 Å². The summed E-state index contributed by atoms with van der Waals surface area (Å²) < 4.78 is 0.956. The minimum absolute atomic E-state index is 0.267. The Hall–Kier alpha value is -0.720. The molecule has 2 heterocycles. The minimum Gasteiger partial charge on any atom is -0.347 e. The Bertz CT molecular complexity index is 403. The van der Waals surface area contributed by atoms with Crippen LogP contribution in [0.3, 0.4) is 0 Å².